The minimum absolute atomic E-state index is 0.0749. The van der Waals surface area contributed by atoms with Crippen molar-refractivity contribution in [2.24, 2.45) is 0 Å². The van der Waals surface area contributed by atoms with Gasteiger partial charge in [-0.3, -0.25) is 0 Å². The molecule has 1 atom stereocenters. The van der Waals surface area contributed by atoms with Gasteiger partial charge in [-0.2, -0.15) is 0 Å². The molecule has 1 N–H and O–H groups in total. The minimum Gasteiger partial charge on any atom is -0.486 e. The lowest BCUT2D eigenvalue weighted by Crippen LogP contribution is -2.37. The van der Waals surface area contributed by atoms with Gasteiger partial charge in [0, 0.05) is 12.6 Å². The monoisotopic (exact) mass is 319 g/mol. The average molecular weight is 319 g/mol. The predicted octanol–water partition coefficient (Wildman–Crippen LogP) is 1.88. The van der Waals surface area contributed by atoms with Gasteiger partial charge in [-0.25, -0.2) is 8.42 Å². The van der Waals surface area contributed by atoms with Crippen LogP contribution in [0.5, 0.6) is 11.5 Å². The Morgan fingerprint density at radius 3 is 2.59 bits per heavy atom. The first kappa shape index (κ1) is 14.9. The Balaban J connectivity index is 1.92. The van der Waals surface area contributed by atoms with E-state index in [0.29, 0.717) is 24.7 Å². The third kappa shape index (κ3) is 2.80. The molecule has 0 unspecified atom stereocenters. The van der Waals surface area contributed by atoms with Gasteiger partial charge < -0.3 is 14.8 Å². The van der Waals surface area contributed by atoms with Gasteiger partial charge in [0.15, 0.2) is 11.5 Å². The van der Waals surface area contributed by atoms with Gasteiger partial charge in [0.25, 0.3) is 0 Å². The Morgan fingerprint density at radius 1 is 1.09 bits per heavy atom. The second-order valence-electron chi connectivity index (χ2n) is 5.03. The Bertz CT molecular complexity index is 759. The van der Waals surface area contributed by atoms with E-state index >= 15 is 0 Å². The van der Waals surface area contributed by atoms with Crippen LogP contribution in [0.2, 0.25) is 0 Å². The van der Waals surface area contributed by atoms with E-state index in [9.17, 15) is 8.42 Å². The van der Waals surface area contributed by atoms with E-state index in [1.165, 1.54) is 6.07 Å². The van der Waals surface area contributed by atoms with Crippen molar-refractivity contribution in [1.82, 2.24) is 5.32 Å². The molecule has 1 aliphatic heterocycles. The lowest BCUT2D eigenvalue weighted by atomic mass is 10.2. The van der Waals surface area contributed by atoms with Crippen molar-refractivity contribution in [1.29, 1.82) is 0 Å². The molecule has 0 amide bonds. The van der Waals surface area contributed by atoms with E-state index in [0.717, 1.165) is 0 Å². The summed E-state index contributed by atoms with van der Waals surface area (Å²) in [5.41, 5.74) is 0. The molecule has 0 saturated carbocycles. The molecule has 0 radical (unpaired) electrons. The molecule has 3 rings (SSSR count). The molecule has 22 heavy (non-hydrogen) atoms. The van der Waals surface area contributed by atoms with Crippen molar-refractivity contribution in [2.45, 2.75) is 15.9 Å². The van der Waals surface area contributed by atoms with Crippen molar-refractivity contribution >= 4 is 9.84 Å². The normalized spacial score (nSPS) is 17.2. The summed E-state index contributed by atoms with van der Waals surface area (Å²) in [7, 11) is -1.70. The van der Waals surface area contributed by atoms with E-state index < -0.39 is 9.84 Å². The molecular weight excluding hydrogens is 302 g/mol. The first-order chi connectivity index (χ1) is 10.6. The lowest BCUT2D eigenvalue weighted by molar-refractivity contribution is 0.0916. The molecular formula is C16H17NO4S. The number of likely N-dealkylation sites (N-methyl/N-ethyl adjacent to an activating group) is 1. The van der Waals surface area contributed by atoms with Crippen LogP contribution >= 0.6 is 0 Å². The number of hydrogen-bond donors (Lipinski definition) is 1. The summed E-state index contributed by atoms with van der Waals surface area (Å²) >= 11 is 0. The molecule has 2 aromatic carbocycles. The molecule has 0 bridgehead atoms. The molecule has 0 aliphatic carbocycles. The second-order valence-corrected chi connectivity index (χ2v) is 6.98. The molecule has 2 aromatic rings. The number of nitrogens with one attached hydrogen (secondary N) is 1. The summed E-state index contributed by atoms with van der Waals surface area (Å²) in [5, 5.41) is 3.02. The zero-order valence-corrected chi connectivity index (χ0v) is 13.0. The van der Waals surface area contributed by atoms with Gasteiger partial charge in [0.2, 0.25) is 9.84 Å². The smallest absolute Gasteiger partial charge is 0.206 e. The van der Waals surface area contributed by atoms with E-state index in [-0.39, 0.29) is 15.9 Å². The number of hydrogen-bond acceptors (Lipinski definition) is 5. The molecule has 0 fully saturated rings. The molecule has 116 valence electrons. The van der Waals surface area contributed by atoms with Crippen LogP contribution in [-0.4, -0.2) is 34.7 Å². The lowest BCUT2D eigenvalue weighted by Gasteiger charge is -2.26. The molecule has 6 heteroatoms. The third-order valence-corrected chi connectivity index (χ3v) is 5.20. The highest BCUT2D eigenvalue weighted by Crippen LogP contribution is 2.35. The Labute approximate surface area is 129 Å². The van der Waals surface area contributed by atoms with Crippen LogP contribution in [-0.2, 0) is 9.84 Å². The molecule has 0 saturated heterocycles. The topological polar surface area (TPSA) is 64.6 Å². The molecule has 0 aromatic heterocycles. The Hall–Kier alpha value is -2.05. The zero-order chi connectivity index (χ0) is 15.6. The number of rotatable bonds is 4. The van der Waals surface area contributed by atoms with E-state index in [1.807, 2.05) is 7.05 Å². The summed E-state index contributed by atoms with van der Waals surface area (Å²) in [4.78, 5) is 0.466. The number of benzene rings is 2. The van der Waals surface area contributed by atoms with Gasteiger partial charge >= 0.3 is 0 Å². The first-order valence-electron chi connectivity index (χ1n) is 6.99. The fourth-order valence-electron chi connectivity index (χ4n) is 2.33. The maximum absolute atomic E-state index is 12.6. The number of fused-ring (bicyclic) bond motifs is 1. The van der Waals surface area contributed by atoms with Crippen molar-refractivity contribution in [3.63, 3.8) is 0 Å². The van der Waals surface area contributed by atoms with Crippen LogP contribution in [0.3, 0.4) is 0 Å². The quantitative estimate of drug-likeness (QED) is 0.932. The van der Waals surface area contributed by atoms with Gasteiger partial charge in [-0.05, 0) is 31.3 Å². The molecule has 5 nitrogen and oxygen atoms in total. The van der Waals surface area contributed by atoms with E-state index in [2.05, 4.69) is 5.32 Å². The summed E-state index contributed by atoms with van der Waals surface area (Å²) in [5.74, 6) is 1.03. The summed E-state index contributed by atoms with van der Waals surface area (Å²) in [6.07, 6.45) is -0.0749. The minimum atomic E-state index is -3.54. The fourth-order valence-corrected chi connectivity index (χ4v) is 3.62. The summed E-state index contributed by atoms with van der Waals surface area (Å²) < 4.78 is 36.6. The second kappa shape index (κ2) is 5.98. The SMILES string of the molecule is CNC[C@@H]1COc2cc(S(=O)(=O)c3ccccc3)ccc2O1. The van der Waals surface area contributed by atoms with Crippen molar-refractivity contribution in [3.05, 3.63) is 48.5 Å². The van der Waals surface area contributed by atoms with Crippen LogP contribution in [0, 0.1) is 0 Å². The standard InChI is InChI=1S/C16H17NO4S/c1-17-10-12-11-20-16-9-14(7-8-15(16)21-12)22(18,19)13-5-3-2-4-6-13/h2-9,12,17H,10-11H2,1H3/t12-/m1/s1. The van der Waals surface area contributed by atoms with Crippen LogP contribution < -0.4 is 14.8 Å². The van der Waals surface area contributed by atoms with Crippen molar-refractivity contribution in [3.8, 4) is 11.5 Å². The zero-order valence-electron chi connectivity index (χ0n) is 12.2. The average Bonchev–Trinajstić information content (AvgIpc) is 2.55. The van der Waals surface area contributed by atoms with E-state index in [4.69, 9.17) is 9.47 Å². The van der Waals surface area contributed by atoms with Gasteiger partial charge in [0.1, 0.15) is 12.7 Å². The van der Waals surface area contributed by atoms with Crippen LogP contribution in [0.15, 0.2) is 58.3 Å². The largest absolute Gasteiger partial charge is 0.486 e. The summed E-state index contributed by atoms with van der Waals surface area (Å²) in [6, 6.07) is 13.1. The molecule has 1 heterocycles. The number of ether oxygens (including phenoxy) is 2. The maximum atomic E-state index is 12.6. The van der Waals surface area contributed by atoms with Crippen molar-refractivity contribution in [2.75, 3.05) is 20.2 Å². The van der Waals surface area contributed by atoms with Gasteiger partial charge in [0.05, 0.1) is 9.79 Å². The van der Waals surface area contributed by atoms with Gasteiger partial charge in [-0.15, -0.1) is 0 Å². The highest BCUT2D eigenvalue weighted by molar-refractivity contribution is 7.91. The third-order valence-electron chi connectivity index (χ3n) is 3.43. The highest BCUT2D eigenvalue weighted by atomic mass is 32.2. The molecule has 1 aliphatic rings. The van der Waals surface area contributed by atoms with Crippen LogP contribution in [0.1, 0.15) is 0 Å². The molecule has 0 spiro atoms. The predicted molar refractivity (Wildman–Crippen MR) is 82.2 cm³/mol. The first-order valence-corrected chi connectivity index (χ1v) is 8.48. The van der Waals surface area contributed by atoms with Gasteiger partial charge in [-0.1, -0.05) is 18.2 Å². The summed E-state index contributed by atoms with van der Waals surface area (Å²) in [6.45, 7) is 1.06. The maximum Gasteiger partial charge on any atom is 0.206 e. The van der Waals surface area contributed by atoms with Crippen LogP contribution in [0.25, 0.3) is 0 Å². The highest BCUT2D eigenvalue weighted by Gasteiger charge is 2.24. The van der Waals surface area contributed by atoms with Crippen LogP contribution in [0.4, 0.5) is 0 Å². The Morgan fingerprint density at radius 2 is 1.86 bits per heavy atom. The van der Waals surface area contributed by atoms with E-state index in [1.54, 1.807) is 42.5 Å². The number of sulfone groups is 1. The Kier molecular flexibility index (Phi) is 4.04. The van der Waals surface area contributed by atoms with Crippen molar-refractivity contribution < 1.29 is 17.9 Å². The fraction of sp³-hybridized carbons (Fsp3) is 0.250.